The number of hydrogen-bond acceptors (Lipinski definition) is 3. The van der Waals surface area contributed by atoms with E-state index in [1.54, 1.807) is 0 Å². The van der Waals surface area contributed by atoms with Gasteiger partial charge in [-0.15, -0.1) is 0 Å². The summed E-state index contributed by atoms with van der Waals surface area (Å²) in [6, 6.07) is 0. The molecule has 0 saturated heterocycles. The molecule has 1 aliphatic rings. The number of carbonyl (C=O) groups excluding carboxylic acids is 1. The fraction of sp³-hybridized carbons (Fsp3) is 0.909. The Hall–Kier alpha value is -0.220. The summed E-state index contributed by atoms with van der Waals surface area (Å²) in [5.74, 6) is 1.05. The first-order valence-corrected chi connectivity index (χ1v) is 6.72. The Morgan fingerprint density at radius 2 is 2.27 bits per heavy atom. The maximum atomic E-state index is 11.3. The Balaban J connectivity index is 2.43. The van der Waals surface area contributed by atoms with Gasteiger partial charge in [-0.1, -0.05) is 20.3 Å². The highest BCUT2D eigenvalue weighted by Gasteiger charge is 2.43. The minimum atomic E-state index is -0.725. The molecular formula is C11H22N2OS. The van der Waals surface area contributed by atoms with Crippen molar-refractivity contribution in [2.24, 2.45) is 17.4 Å². The number of amides is 1. The Kier molecular flexibility index (Phi) is 4.46. The topological polar surface area (TPSA) is 69.1 Å². The van der Waals surface area contributed by atoms with Crippen LogP contribution in [0.1, 0.15) is 39.5 Å². The Labute approximate surface area is 96.3 Å². The molecule has 1 rings (SSSR count). The van der Waals surface area contributed by atoms with Gasteiger partial charge < -0.3 is 11.5 Å². The van der Waals surface area contributed by atoms with Gasteiger partial charge in [0.2, 0.25) is 5.91 Å². The molecule has 1 saturated carbocycles. The first-order valence-electron chi connectivity index (χ1n) is 5.67. The van der Waals surface area contributed by atoms with Gasteiger partial charge in [0.25, 0.3) is 0 Å². The second-order valence-electron chi connectivity index (χ2n) is 4.70. The number of rotatable bonds is 5. The van der Waals surface area contributed by atoms with Crippen molar-refractivity contribution >= 4 is 17.7 Å². The van der Waals surface area contributed by atoms with E-state index in [9.17, 15) is 4.79 Å². The molecule has 0 heterocycles. The molecule has 0 aliphatic heterocycles. The molecule has 2 atom stereocenters. The second kappa shape index (κ2) is 5.21. The Morgan fingerprint density at radius 1 is 1.60 bits per heavy atom. The molecule has 2 unspecified atom stereocenters. The molecule has 88 valence electrons. The van der Waals surface area contributed by atoms with Crippen LogP contribution in [0.5, 0.6) is 0 Å². The highest BCUT2D eigenvalue weighted by Crippen LogP contribution is 2.36. The lowest BCUT2D eigenvalue weighted by Gasteiger charge is -2.28. The first-order chi connectivity index (χ1) is 6.97. The van der Waals surface area contributed by atoms with Gasteiger partial charge in [0.05, 0.1) is 5.54 Å². The van der Waals surface area contributed by atoms with Crippen molar-refractivity contribution in [3.05, 3.63) is 0 Å². The van der Waals surface area contributed by atoms with E-state index in [-0.39, 0.29) is 5.91 Å². The van der Waals surface area contributed by atoms with Crippen LogP contribution in [0.25, 0.3) is 0 Å². The summed E-state index contributed by atoms with van der Waals surface area (Å²) >= 11 is 1.92. The number of hydrogen-bond donors (Lipinski definition) is 2. The van der Waals surface area contributed by atoms with Crippen molar-refractivity contribution in [3.8, 4) is 0 Å². The Bertz CT molecular complexity index is 233. The van der Waals surface area contributed by atoms with E-state index >= 15 is 0 Å². The zero-order valence-corrected chi connectivity index (χ0v) is 10.5. The minimum absolute atomic E-state index is 0.293. The van der Waals surface area contributed by atoms with Crippen LogP contribution in [-0.4, -0.2) is 22.4 Å². The summed E-state index contributed by atoms with van der Waals surface area (Å²) in [5, 5.41) is 0.646. The third kappa shape index (κ3) is 3.11. The zero-order chi connectivity index (χ0) is 11.5. The predicted molar refractivity (Wildman–Crippen MR) is 65.7 cm³/mol. The summed E-state index contributed by atoms with van der Waals surface area (Å²) < 4.78 is 0. The Morgan fingerprint density at radius 3 is 2.80 bits per heavy atom. The molecule has 0 aromatic heterocycles. The lowest BCUT2D eigenvalue weighted by Crippen LogP contribution is -2.54. The minimum Gasteiger partial charge on any atom is -0.368 e. The van der Waals surface area contributed by atoms with Crippen molar-refractivity contribution in [1.29, 1.82) is 0 Å². The lowest BCUT2D eigenvalue weighted by molar-refractivity contribution is -0.124. The molecule has 0 radical (unpaired) electrons. The van der Waals surface area contributed by atoms with Crippen molar-refractivity contribution in [3.63, 3.8) is 0 Å². The van der Waals surface area contributed by atoms with Gasteiger partial charge in [-0.3, -0.25) is 4.79 Å². The molecule has 1 aliphatic carbocycles. The van der Waals surface area contributed by atoms with Gasteiger partial charge in [0, 0.05) is 0 Å². The van der Waals surface area contributed by atoms with Crippen LogP contribution in [0, 0.1) is 5.92 Å². The predicted octanol–water partition coefficient (Wildman–Crippen LogP) is 1.50. The van der Waals surface area contributed by atoms with E-state index in [1.165, 1.54) is 0 Å². The summed E-state index contributed by atoms with van der Waals surface area (Å²) in [7, 11) is 0. The quantitative estimate of drug-likeness (QED) is 0.752. The standard InChI is InChI=1S/C11H22N2OS/c1-8(2)15-7-5-9-4-3-6-11(9,13)10(12)14/h8-9H,3-7,13H2,1-2H3,(H2,12,14). The fourth-order valence-corrected chi connectivity index (χ4v) is 3.17. The van der Waals surface area contributed by atoms with Gasteiger partial charge >= 0.3 is 0 Å². The first kappa shape index (κ1) is 12.8. The summed E-state index contributed by atoms with van der Waals surface area (Å²) in [5.41, 5.74) is 10.7. The zero-order valence-electron chi connectivity index (χ0n) is 9.66. The van der Waals surface area contributed by atoms with Gasteiger partial charge in [0.1, 0.15) is 0 Å². The third-order valence-electron chi connectivity index (χ3n) is 3.25. The smallest absolute Gasteiger partial charge is 0.237 e. The van der Waals surface area contributed by atoms with Crippen LogP contribution in [0.4, 0.5) is 0 Å². The van der Waals surface area contributed by atoms with E-state index in [4.69, 9.17) is 11.5 Å². The summed E-state index contributed by atoms with van der Waals surface area (Å²) in [6.45, 7) is 4.37. The summed E-state index contributed by atoms with van der Waals surface area (Å²) in [4.78, 5) is 11.3. The van der Waals surface area contributed by atoms with Gasteiger partial charge in [-0.25, -0.2) is 0 Å². The SMILES string of the molecule is CC(C)SCCC1CCCC1(N)C(N)=O. The van der Waals surface area contributed by atoms with Crippen molar-refractivity contribution in [1.82, 2.24) is 0 Å². The van der Waals surface area contributed by atoms with Gasteiger partial charge in [-0.2, -0.15) is 11.8 Å². The average Bonchev–Trinajstić information content (AvgIpc) is 2.49. The normalized spacial score (nSPS) is 31.1. The van der Waals surface area contributed by atoms with Crippen LogP contribution >= 0.6 is 11.8 Å². The molecule has 1 fully saturated rings. The van der Waals surface area contributed by atoms with Gasteiger partial charge in [-0.05, 0) is 36.2 Å². The fourth-order valence-electron chi connectivity index (χ4n) is 2.27. The monoisotopic (exact) mass is 230 g/mol. The highest BCUT2D eigenvalue weighted by atomic mass is 32.2. The van der Waals surface area contributed by atoms with E-state index < -0.39 is 5.54 Å². The number of primary amides is 1. The molecule has 4 N–H and O–H groups in total. The molecule has 0 aromatic rings. The largest absolute Gasteiger partial charge is 0.368 e. The molecule has 0 spiro atoms. The molecule has 3 nitrogen and oxygen atoms in total. The molecular weight excluding hydrogens is 208 g/mol. The number of thioether (sulfide) groups is 1. The van der Waals surface area contributed by atoms with Crippen molar-refractivity contribution in [2.75, 3.05) is 5.75 Å². The lowest BCUT2D eigenvalue weighted by atomic mass is 9.85. The molecule has 1 amide bonds. The molecule has 0 aromatic carbocycles. The van der Waals surface area contributed by atoms with E-state index in [1.807, 2.05) is 11.8 Å². The van der Waals surface area contributed by atoms with Crippen LogP contribution in [0.15, 0.2) is 0 Å². The van der Waals surface area contributed by atoms with Crippen LogP contribution in [-0.2, 0) is 4.79 Å². The van der Waals surface area contributed by atoms with Crippen molar-refractivity contribution in [2.45, 2.75) is 50.3 Å². The number of nitrogens with two attached hydrogens (primary N) is 2. The highest BCUT2D eigenvalue weighted by molar-refractivity contribution is 7.99. The van der Waals surface area contributed by atoms with Crippen molar-refractivity contribution < 1.29 is 4.79 Å². The third-order valence-corrected chi connectivity index (χ3v) is 4.39. The van der Waals surface area contributed by atoms with Crippen LogP contribution in [0.3, 0.4) is 0 Å². The molecule has 4 heteroatoms. The van der Waals surface area contributed by atoms with E-state index in [2.05, 4.69) is 13.8 Å². The van der Waals surface area contributed by atoms with E-state index in [0.29, 0.717) is 11.2 Å². The summed E-state index contributed by atoms with van der Waals surface area (Å²) in [6.07, 6.45) is 3.87. The second-order valence-corrected chi connectivity index (χ2v) is 6.39. The van der Waals surface area contributed by atoms with E-state index in [0.717, 1.165) is 31.4 Å². The van der Waals surface area contributed by atoms with Crippen LogP contribution in [0.2, 0.25) is 0 Å². The molecule has 15 heavy (non-hydrogen) atoms. The molecule has 0 bridgehead atoms. The average molecular weight is 230 g/mol. The van der Waals surface area contributed by atoms with Gasteiger partial charge in [0.15, 0.2) is 0 Å². The maximum absolute atomic E-state index is 11.3. The number of carbonyl (C=O) groups is 1. The van der Waals surface area contributed by atoms with Crippen LogP contribution < -0.4 is 11.5 Å². The maximum Gasteiger partial charge on any atom is 0.237 e.